The summed E-state index contributed by atoms with van der Waals surface area (Å²) in [4.78, 5) is 13.7. The van der Waals surface area contributed by atoms with Crippen LogP contribution in [0, 0.1) is 6.92 Å². The van der Waals surface area contributed by atoms with Crippen LogP contribution in [0.25, 0.3) is 0 Å². The molecule has 1 aliphatic heterocycles. The Bertz CT molecular complexity index is 643. The lowest BCUT2D eigenvalue weighted by Gasteiger charge is -2.34. The van der Waals surface area contributed by atoms with Crippen LogP contribution in [0.3, 0.4) is 0 Å². The van der Waals surface area contributed by atoms with Gasteiger partial charge in [-0.2, -0.15) is 13.2 Å². The molecule has 0 aliphatic carbocycles. The van der Waals surface area contributed by atoms with Crippen LogP contribution >= 0.6 is 0 Å². The molecule has 140 valence electrons. The molecule has 1 amide bonds. The Hall–Kier alpha value is -1.92. The van der Waals surface area contributed by atoms with Crippen molar-refractivity contribution in [2.24, 2.45) is 0 Å². The summed E-state index contributed by atoms with van der Waals surface area (Å²) in [5.41, 5.74) is 5.34. The molecule has 1 aromatic carbocycles. The number of benzene rings is 1. The average Bonchev–Trinajstić information content (AvgIpc) is 2.44. The molecule has 2 rings (SSSR count). The fraction of sp³-hybridized carbons (Fsp3) is 0.611. The van der Waals surface area contributed by atoms with Crippen molar-refractivity contribution in [3.8, 4) is 0 Å². The van der Waals surface area contributed by atoms with Crippen LogP contribution in [0.5, 0.6) is 0 Å². The number of piperidine rings is 1. The molecule has 1 aromatic rings. The van der Waals surface area contributed by atoms with Gasteiger partial charge in [0.1, 0.15) is 5.60 Å². The maximum atomic E-state index is 13.1. The van der Waals surface area contributed by atoms with Crippen molar-refractivity contribution in [3.05, 3.63) is 28.8 Å². The van der Waals surface area contributed by atoms with Gasteiger partial charge in [-0.1, -0.05) is 0 Å². The Morgan fingerprint density at radius 1 is 1.20 bits per heavy atom. The van der Waals surface area contributed by atoms with Gasteiger partial charge in [-0.15, -0.1) is 0 Å². The van der Waals surface area contributed by atoms with E-state index in [1.807, 2.05) is 0 Å². The molecule has 0 unspecified atom stereocenters. The molecule has 0 spiro atoms. The first kappa shape index (κ1) is 19.4. The first-order valence-electron chi connectivity index (χ1n) is 8.33. The highest BCUT2D eigenvalue weighted by molar-refractivity contribution is 5.68. The van der Waals surface area contributed by atoms with Crippen LogP contribution in [0.4, 0.5) is 23.7 Å². The van der Waals surface area contributed by atoms with Crippen molar-refractivity contribution >= 4 is 11.8 Å². The lowest BCUT2D eigenvalue weighted by Crippen LogP contribution is -2.41. The normalized spacial score (nSPS) is 16.8. The molecular formula is C18H25F3N2O2. The molecule has 7 heteroatoms. The van der Waals surface area contributed by atoms with Crippen molar-refractivity contribution in [1.82, 2.24) is 4.90 Å². The number of anilines is 1. The number of nitrogen functional groups attached to an aromatic ring is 1. The monoisotopic (exact) mass is 358 g/mol. The van der Waals surface area contributed by atoms with Gasteiger partial charge in [0.15, 0.2) is 0 Å². The summed E-state index contributed by atoms with van der Waals surface area (Å²) in [5, 5.41) is 0. The third-order valence-corrected chi connectivity index (χ3v) is 4.33. The molecule has 0 radical (unpaired) electrons. The highest BCUT2D eigenvalue weighted by atomic mass is 19.4. The second kappa shape index (κ2) is 6.77. The number of hydrogen-bond donors (Lipinski definition) is 1. The molecule has 1 fully saturated rings. The summed E-state index contributed by atoms with van der Waals surface area (Å²) < 4.78 is 44.7. The minimum atomic E-state index is -4.47. The van der Waals surface area contributed by atoms with Crippen LogP contribution in [-0.2, 0) is 10.9 Å². The minimum absolute atomic E-state index is 0.0274. The van der Waals surface area contributed by atoms with Crippen LogP contribution < -0.4 is 5.73 Å². The maximum absolute atomic E-state index is 13.1. The number of carbonyl (C=O) groups excluding carboxylic acids is 1. The molecule has 1 saturated heterocycles. The summed E-state index contributed by atoms with van der Waals surface area (Å²) in [7, 11) is 0. The molecule has 0 bridgehead atoms. The Morgan fingerprint density at radius 2 is 1.76 bits per heavy atom. The number of nitrogens with zero attached hydrogens (tertiary/aromatic N) is 1. The Balaban J connectivity index is 2.12. The van der Waals surface area contributed by atoms with Gasteiger partial charge < -0.3 is 15.4 Å². The van der Waals surface area contributed by atoms with Crippen LogP contribution in [-0.4, -0.2) is 29.7 Å². The molecule has 0 saturated carbocycles. The van der Waals surface area contributed by atoms with E-state index >= 15 is 0 Å². The number of ether oxygens (including phenoxy) is 1. The molecule has 1 heterocycles. The summed E-state index contributed by atoms with van der Waals surface area (Å²) in [6.45, 7) is 8.09. The predicted octanol–water partition coefficient (Wildman–Crippen LogP) is 4.71. The lowest BCUT2D eigenvalue weighted by molar-refractivity contribution is -0.137. The van der Waals surface area contributed by atoms with Crippen molar-refractivity contribution in [1.29, 1.82) is 0 Å². The first-order valence-corrected chi connectivity index (χ1v) is 8.33. The Kier molecular flexibility index (Phi) is 5.25. The standard InChI is InChI=1S/C18H25F3N2O2/c1-11-9-15(22)14(18(19,20)21)10-13(11)12-5-7-23(8-6-12)16(24)25-17(2,3)4/h9-10,12H,5-8,22H2,1-4H3. The predicted molar refractivity (Wildman–Crippen MR) is 90.4 cm³/mol. The minimum Gasteiger partial charge on any atom is -0.444 e. The topological polar surface area (TPSA) is 55.6 Å². The summed E-state index contributed by atoms with van der Waals surface area (Å²) in [6, 6.07) is 2.55. The van der Waals surface area contributed by atoms with Gasteiger partial charge >= 0.3 is 12.3 Å². The lowest BCUT2D eigenvalue weighted by atomic mass is 9.85. The average molecular weight is 358 g/mol. The van der Waals surface area contributed by atoms with Crippen LogP contribution in [0.15, 0.2) is 12.1 Å². The molecule has 0 aromatic heterocycles. The van der Waals surface area contributed by atoms with Crippen molar-refractivity contribution in [2.45, 2.75) is 58.2 Å². The summed E-state index contributed by atoms with van der Waals surface area (Å²) in [6.07, 6.45) is -3.65. The number of halogens is 3. The van der Waals surface area contributed by atoms with E-state index in [2.05, 4.69) is 0 Å². The molecule has 2 N–H and O–H groups in total. The number of aryl methyl sites for hydroxylation is 1. The van der Waals surface area contributed by atoms with E-state index in [4.69, 9.17) is 10.5 Å². The molecule has 1 aliphatic rings. The summed E-state index contributed by atoms with van der Waals surface area (Å²) in [5.74, 6) is -0.0274. The van der Waals surface area contributed by atoms with E-state index in [1.54, 1.807) is 32.6 Å². The number of nitrogens with two attached hydrogens (primary N) is 1. The van der Waals surface area contributed by atoms with Gasteiger partial charge in [0.2, 0.25) is 0 Å². The largest absolute Gasteiger partial charge is 0.444 e. The van der Waals surface area contributed by atoms with Gasteiger partial charge in [0.05, 0.1) is 5.56 Å². The van der Waals surface area contributed by atoms with E-state index in [1.165, 1.54) is 12.1 Å². The van der Waals surface area contributed by atoms with Gasteiger partial charge in [-0.3, -0.25) is 0 Å². The van der Waals surface area contributed by atoms with E-state index in [0.717, 1.165) is 5.56 Å². The van der Waals surface area contributed by atoms with E-state index in [9.17, 15) is 18.0 Å². The number of rotatable bonds is 1. The second-order valence-corrected chi connectivity index (χ2v) is 7.54. The van der Waals surface area contributed by atoms with Crippen LogP contribution in [0.2, 0.25) is 0 Å². The smallest absolute Gasteiger partial charge is 0.418 e. The first-order chi connectivity index (χ1) is 11.4. The Morgan fingerprint density at radius 3 is 2.24 bits per heavy atom. The van der Waals surface area contributed by atoms with Crippen molar-refractivity contribution in [3.63, 3.8) is 0 Å². The zero-order valence-corrected chi connectivity index (χ0v) is 15.0. The van der Waals surface area contributed by atoms with E-state index in [-0.39, 0.29) is 17.7 Å². The van der Waals surface area contributed by atoms with Gasteiger partial charge in [-0.05, 0) is 69.7 Å². The zero-order valence-electron chi connectivity index (χ0n) is 15.0. The van der Waals surface area contributed by atoms with E-state index in [0.29, 0.717) is 31.5 Å². The quantitative estimate of drug-likeness (QED) is 0.740. The number of amides is 1. The fourth-order valence-electron chi connectivity index (χ4n) is 3.13. The third-order valence-electron chi connectivity index (χ3n) is 4.33. The molecule has 4 nitrogen and oxygen atoms in total. The Labute approximate surface area is 146 Å². The van der Waals surface area contributed by atoms with Crippen LogP contribution in [0.1, 0.15) is 56.2 Å². The van der Waals surface area contributed by atoms with Crippen molar-refractivity contribution in [2.75, 3.05) is 18.8 Å². The van der Waals surface area contributed by atoms with Crippen molar-refractivity contribution < 1.29 is 22.7 Å². The van der Waals surface area contributed by atoms with Gasteiger partial charge in [0.25, 0.3) is 0 Å². The number of likely N-dealkylation sites (tertiary alicyclic amines) is 1. The number of hydrogen-bond acceptors (Lipinski definition) is 3. The number of carbonyl (C=O) groups is 1. The third kappa shape index (κ3) is 4.80. The van der Waals surface area contributed by atoms with Gasteiger partial charge in [-0.25, -0.2) is 4.79 Å². The highest BCUT2D eigenvalue weighted by Gasteiger charge is 2.35. The fourth-order valence-corrected chi connectivity index (χ4v) is 3.13. The van der Waals surface area contributed by atoms with Gasteiger partial charge in [0, 0.05) is 18.8 Å². The zero-order chi connectivity index (χ0) is 19.0. The van der Waals surface area contributed by atoms with E-state index < -0.39 is 17.3 Å². The molecule has 25 heavy (non-hydrogen) atoms. The SMILES string of the molecule is Cc1cc(N)c(C(F)(F)F)cc1C1CCN(C(=O)OC(C)(C)C)CC1. The molecule has 0 atom stereocenters. The second-order valence-electron chi connectivity index (χ2n) is 7.54. The molecular weight excluding hydrogens is 333 g/mol. The maximum Gasteiger partial charge on any atom is 0.418 e. The number of alkyl halides is 3. The highest BCUT2D eigenvalue weighted by Crippen LogP contribution is 2.39. The summed E-state index contributed by atoms with van der Waals surface area (Å²) >= 11 is 0.